The molecule has 1 aromatic heterocycles. The van der Waals surface area contributed by atoms with Crippen molar-refractivity contribution in [1.82, 2.24) is 9.97 Å². The minimum Gasteiger partial charge on any atom is -0.357 e. The summed E-state index contributed by atoms with van der Waals surface area (Å²) >= 11 is 0. The molecule has 1 aliphatic heterocycles. The van der Waals surface area contributed by atoms with Gasteiger partial charge < -0.3 is 9.69 Å². The average molecular weight is 219 g/mol. The number of hydrogen-bond acceptors (Lipinski definition) is 4. The number of hydrogen-bond donors (Lipinski definition) is 0. The van der Waals surface area contributed by atoms with E-state index in [1.54, 1.807) is 0 Å². The van der Waals surface area contributed by atoms with E-state index in [9.17, 15) is 4.79 Å². The third-order valence-electron chi connectivity index (χ3n) is 2.85. The van der Waals surface area contributed by atoms with Crippen LogP contribution in [0.3, 0.4) is 0 Å². The fourth-order valence-electron chi connectivity index (χ4n) is 1.99. The Morgan fingerprint density at radius 3 is 2.75 bits per heavy atom. The Morgan fingerprint density at radius 1 is 1.38 bits per heavy atom. The molecule has 0 unspecified atom stereocenters. The van der Waals surface area contributed by atoms with Gasteiger partial charge in [-0.2, -0.15) is 0 Å². The molecule has 0 saturated carbocycles. The first-order valence-corrected chi connectivity index (χ1v) is 5.89. The van der Waals surface area contributed by atoms with Gasteiger partial charge in [-0.3, -0.25) is 0 Å². The molecule has 0 atom stereocenters. The van der Waals surface area contributed by atoms with Crippen molar-refractivity contribution in [2.75, 3.05) is 18.0 Å². The maximum atomic E-state index is 10.5. The van der Waals surface area contributed by atoms with E-state index in [1.165, 1.54) is 12.8 Å². The van der Waals surface area contributed by atoms with Crippen LogP contribution in [0.4, 0.5) is 5.82 Å². The highest BCUT2D eigenvalue weighted by Gasteiger charge is 2.15. The van der Waals surface area contributed by atoms with Crippen LogP contribution in [0.5, 0.6) is 0 Å². The average Bonchev–Trinajstić information content (AvgIpc) is 2.82. The van der Waals surface area contributed by atoms with Crippen molar-refractivity contribution in [3.63, 3.8) is 0 Å². The summed E-state index contributed by atoms with van der Waals surface area (Å²) in [7, 11) is 0. The highest BCUT2D eigenvalue weighted by Crippen LogP contribution is 2.18. The number of anilines is 1. The maximum Gasteiger partial charge on any atom is 0.132 e. The quantitative estimate of drug-likeness (QED) is 0.718. The van der Waals surface area contributed by atoms with Gasteiger partial charge >= 0.3 is 0 Å². The highest BCUT2D eigenvalue weighted by atomic mass is 16.1. The smallest absolute Gasteiger partial charge is 0.132 e. The lowest BCUT2D eigenvalue weighted by Crippen LogP contribution is -2.20. The summed E-state index contributed by atoms with van der Waals surface area (Å²) < 4.78 is 0. The molecule has 4 heteroatoms. The number of carbonyl (C=O) groups is 1. The van der Waals surface area contributed by atoms with E-state index >= 15 is 0 Å². The van der Waals surface area contributed by atoms with Crippen LogP contribution in [-0.4, -0.2) is 29.3 Å². The number of aromatic nitrogens is 2. The Bertz CT molecular complexity index is 373. The molecule has 0 aromatic carbocycles. The zero-order valence-corrected chi connectivity index (χ0v) is 9.65. The third-order valence-corrected chi connectivity index (χ3v) is 2.85. The molecular formula is C12H17N3O. The van der Waals surface area contributed by atoms with Crippen LogP contribution in [0.15, 0.2) is 6.07 Å². The molecule has 16 heavy (non-hydrogen) atoms. The summed E-state index contributed by atoms with van der Waals surface area (Å²) in [4.78, 5) is 21.7. The van der Waals surface area contributed by atoms with Gasteiger partial charge in [-0.25, -0.2) is 9.97 Å². The van der Waals surface area contributed by atoms with Gasteiger partial charge in [-0.1, -0.05) is 6.92 Å². The van der Waals surface area contributed by atoms with E-state index in [0.29, 0.717) is 6.42 Å². The predicted octanol–water partition coefficient (Wildman–Crippen LogP) is 1.38. The van der Waals surface area contributed by atoms with Gasteiger partial charge in [0.15, 0.2) is 0 Å². The Kier molecular flexibility index (Phi) is 3.49. The fourth-order valence-corrected chi connectivity index (χ4v) is 1.99. The van der Waals surface area contributed by atoms with E-state index in [2.05, 4.69) is 14.9 Å². The summed E-state index contributed by atoms with van der Waals surface area (Å²) in [5, 5.41) is 0. The van der Waals surface area contributed by atoms with Crippen LogP contribution in [-0.2, 0) is 17.6 Å². The van der Waals surface area contributed by atoms with Gasteiger partial charge in [-0.15, -0.1) is 0 Å². The molecule has 2 rings (SSSR count). The van der Waals surface area contributed by atoms with Gasteiger partial charge in [-0.05, 0) is 12.8 Å². The fraction of sp³-hybridized carbons (Fsp3) is 0.583. The predicted molar refractivity (Wildman–Crippen MR) is 62.6 cm³/mol. The molecule has 2 heterocycles. The maximum absolute atomic E-state index is 10.5. The summed E-state index contributed by atoms with van der Waals surface area (Å²) in [6.45, 7) is 4.18. The minimum absolute atomic E-state index is 0.385. The molecule has 1 aliphatic rings. The summed E-state index contributed by atoms with van der Waals surface area (Å²) in [6.07, 6.45) is 4.56. The lowest BCUT2D eigenvalue weighted by atomic mass is 10.3. The summed E-state index contributed by atoms with van der Waals surface area (Å²) in [5.41, 5.74) is 0.837. The summed E-state index contributed by atoms with van der Waals surface area (Å²) in [5.74, 6) is 1.82. The van der Waals surface area contributed by atoms with Crippen molar-refractivity contribution in [3.8, 4) is 0 Å². The molecular weight excluding hydrogens is 202 g/mol. The topological polar surface area (TPSA) is 46.1 Å². The summed E-state index contributed by atoms with van der Waals surface area (Å²) in [6, 6.07) is 1.94. The van der Waals surface area contributed by atoms with Crippen LogP contribution < -0.4 is 4.90 Å². The van der Waals surface area contributed by atoms with E-state index in [4.69, 9.17) is 0 Å². The van der Waals surface area contributed by atoms with E-state index in [0.717, 1.165) is 43.1 Å². The van der Waals surface area contributed by atoms with Gasteiger partial charge in [0.25, 0.3) is 0 Å². The highest BCUT2D eigenvalue weighted by molar-refractivity contribution is 5.55. The third kappa shape index (κ3) is 2.38. The van der Waals surface area contributed by atoms with Gasteiger partial charge in [0.2, 0.25) is 0 Å². The number of nitrogens with zero attached hydrogens (tertiary/aromatic N) is 3. The first-order chi connectivity index (χ1) is 7.83. The van der Waals surface area contributed by atoms with Crippen molar-refractivity contribution in [2.24, 2.45) is 0 Å². The molecule has 0 spiro atoms. The number of aryl methyl sites for hydroxylation is 1. The van der Waals surface area contributed by atoms with Crippen LogP contribution in [0.1, 0.15) is 31.3 Å². The number of aldehydes is 1. The van der Waals surface area contributed by atoms with Crippen LogP contribution in [0.25, 0.3) is 0 Å². The molecule has 0 N–H and O–H groups in total. The Labute approximate surface area is 95.7 Å². The van der Waals surface area contributed by atoms with E-state index < -0.39 is 0 Å². The van der Waals surface area contributed by atoms with Gasteiger partial charge in [0.1, 0.15) is 17.9 Å². The Morgan fingerprint density at radius 2 is 2.12 bits per heavy atom. The van der Waals surface area contributed by atoms with Crippen molar-refractivity contribution in [1.29, 1.82) is 0 Å². The van der Waals surface area contributed by atoms with Gasteiger partial charge in [0.05, 0.1) is 5.69 Å². The molecule has 4 nitrogen and oxygen atoms in total. The monoisotopic (exact) mass is 219 g/mol. The Balaban J connectivity index is 2.28. The molecule has 0 aliphatic carbocycles. The molecule has 1 saturated heterocycles. The first kappa shape index (κ1) is 11.0. The van der Waals surface area contributed by atoms with Gasteiger partial charge in [0, 0.05) is 32.0 Å². The number of rotatable bonds is 4. The molecule has 0 radical (unpaired) electrons. The van der Waals surface area contributed by atoms with Crippen molar-refractivity contribution in [2.45, 2.75) is 32.6 Å². The standard InChI is InChI=1S/C12H17N3O/c1-2-11-13-10(5-8-16)9-12(14-11)15-6-3-4-7-15/h8-9H,2-7H2,1H3. The molecule has 1 aromatic rings. The lowest BCUT2D eigenvalue weighted by Gasteiger charge is -2.17. The molecule has 86 valence electrons. The molecule has 0 amide bonds. The van der Waals surface area contributed by atoms with Crippen molar-refractivity contribution >= 4 is 12.1 Å². The molecule has 1 fully saturated rings. The SMILES string of the molecule is CCc1nc(CC=O)cc(N2CCCC2)n1. The van der Waals surface area contributed by atoms with Crippen LogP contribution >= 0.6 is 0 Å². The minimum atomic E-state index is 0.385. The second-order valence-electron chi connectivity index (χ2n) is 4.05. The van der Waals surface area contributed by atoms with Crippen molar-refractivity contribution < 1.29 is 4.79 Å². The van der Waals surface area contributed by atoms with E-state index in [-0.39, 0.29) is 0 Å². The van der Waals surface area contributed by atoms with E-state index in [1.807, 2.05) is 13.0 Å². The zero-order chi connectivity index (χ0) is 11.4. The second kappa shape index (κ2) is 5.05. The van der Waals surface area contributed by atoms with Crippen LogP contribution in [0, 0.1) is 0 Å². The normalized spacial score (nSPS) is 15.4. The van der Waals surface area contributed by atoms with Crippen molar-refractivity contribution in [3.05, 3.63) is 17.6 Å². The lowest BCUT2D eigenvalue weighted by molar-refractivity contribution is -0.107. The second-order valence-corrected chi connectivity index (χ2v) is 4.05. The first-order valence-electron chi connectivity index (χ1n) is 5.89. The Hall–Kier alpha value is -1.45. The zero-order valence-electron chi connectivity index (χ0n) is 9.65. The molecule has 0 bridgehead atoms. The number of carbonyl (C=O) groups excluding carboxylic acids is 1. The largest absolute Gasteiger partial charge is 0.357 e. The van der Waals surface area contributed by atoms with Crippen LogP contribution in [0.2, 0.25) is 0 Å².